The van der Waals surface area contributed by atoms with Gasteiger partial charge in [0.15, 0.2) is 44.9 Å². The van der Waals surface area contributed by atoms with E-state index in [4.69, 9.17) is 40.6 Å². The number of rotatable bonds is 20. The molecule has 1 aliphatic carbocycles. The van der Waals surface area contributed by atoms with Gasteiger partial charge in [-0.2, -0.15) is 25.5 Å². The van der Waals surface area contributed by atoms with Gasteiger partial charge in [-0.1, -0.05) is 18.2 Å². The summed E-state index contributed by atoms with van der Waals surface area (Å²) in [4.78, 5) is 88.3. The number of aliphatic hydroxyl groups excluding tert-OH is 1. The first-order valence-electron chi connectivity index (χ1n) is 21.3. The lowest BCUT2D eigenvalue weighted by Gasteiger charge is -2.22. The Morgan fingerprint density at radius 1 is 0.882 bits per heavy atom. The van der Waals surface area contributed by atoms with Gasteiger partial charge in [0.2, 0.25) is 5.91 Å². The first-order chi connectivity index (χ1) is 35.4. The molecule has 1 fully saturated rings. The Balaban J connectivity index is 0.982. The Bertz CT molecular complexity index is 3690. The summed E-state index contributed by atoms with van der Waals surface area (Å²) >= 11 is 0. The summed E-state index contributed by atoms with van der Waals surface area (Å²) in [6.45, 7) is -1.71. The van der Waals surface area contributed by atoms with Gasteiger partial charge in [0.1, 0.15) is 24.1 Å². The average Bonchev–Trinajstić information content (AvgIpc) is 3.87. The molecule has 410 valence electrons. The molecule has 3 aliphatic rings. The van der Waals surface area contributed by atoms with E-state index in [1.807, 2.05) is 0 Å². The lowest BCUT2D eigenvalue weighted by molar-refractivity contribution is -0.121. The van der Waals surface area contributed by atoms with Crippen LogP contribution < -0.4 is 27.5 Å². The van der Waals surface area contributed by atoms with Crippen molar-refractivity contribution < 1.29 is 106 Å². The lowest BCUT2D eigenvalue weighted by atomic mass is 9.90. The van der Waals surface area contributed by atoms with Crippen LogP contribution in [-0.2, 0) is 61.3 Å². The van der Waals surface area contributed by atoms with Crippen LogP contribution in [0.3, 0.4) is 0 Å². The molecule has 2 unspecified atom stereocenters. The molecule has 0 saturated carbocycles. The zero-order valence-corrected chi connectivity index (χ0v) is 42.9. The summed E-state index contributed by atoms with van der Waals surface area (Å²) in [5, 5.41) is 23.5. The van der Waals surface area contributed by atoms with E-state index in [2.05, 4.69) is 38.7 Å². The molecular formula is C38H43N10O23P3S2. The van der Waals surface area contributed by atoms with Crippen LogP contribution in [0.25, 0.3) is 44.6 Å². The average molecular weight is 1160 g/mol. The molecule has 4 heterocycles. The molecule has 6 atom stereocenters. The van der Waals surface area contributed by atoms with Crippen LogP contribution in [0, 0.1) is 5.41 Å². The van der Waals surface area contributed by atoms with Crippen molar-refractivity contribution in [2.24, 2.45) is 0 Å². The topological polar surface area (TPSA) is 518 Å². The van der Waals surface area contributed by atoms with Crippen LogP contribution in [0.2, 0.25) is 0 Å². The van der Waals surface area contributed by atoms with Crippen LogP contribution in [0.1, 0.15) is 29.4 Å². The molecule has 2 aromatic heterocycles. The Hall–Kier alpha value is -6.36. The Labute approximate surface area is 426 Å². The van der Waals surface area contributed by atoms with E-state index in [-0.39, 0.29) is 77.1 Å². The quantitative estimate of drug-likeness (QED) is 0.0166. The van der Waals surface area contributed by atoms with Gasteiger partial charge in [-0.15, -0.1) is 0 Å². The zero-order chi connectivity index (χ0) is 55.9. The smallest absolute Gasteiger partial charge is 0.453 e. The standard InChI is InChI=1S/C38H43N10O23P3S2/c1-47(36(51)19-6-3-2-5-18(19)26-20-8-10-22(39)32(75(60,61)62)29(20)68-30-21(26)9-11-23(40)33(30)76(63,64)65)14-4-7-25(49)42-12-13-43-38(52)69-31-24(15-66-73(56,57)71-74(58,59)70-72(53,54)55)67-37(28(31)50)48-17-46-27-34(41)44-16-45-35(27)48/h2-3,5-6,8-11,16-17,24,28,31,37,39,50H,4,7,12-15,40H2,1H3,(H,42,49)(H,43,52)(H,56,57)(H,58,59)(H2,41,44,45)(H2,53,54,55)(H,60,61,62)(H,63,64,65)/t24-,28-,31-,37-/m1/s1. The summed E-state index contributed by atoms with van der Waals surface area (Å²) in [6, 6.07) is 10.6. The third-order valence-corrected chi connectivity index (χ3v) is 16.6. The predicted octanol–water partition coefficient (Wildman–Crippen LogP) is 0.847. The Morgan fingerprint density at radius 3 is 2.25 bits per heavy atom. The summed E-state index contributed by atoms with van der Waals surface area (Å²) in [5.74, 6) is -1.96. The normalized spacial score (nSPS) is 18.8. The molecule has 38 heteroatoms. The molecule has 33 nitrogen and oxygen atoms in total. The monoisotopic (exact) mass is 1160 g/mol. The number of anilines is 2. The molecule has 2 aromatic carbocycles. The fourth-order valence-electron chi connectivity index (χ4n) is 7.84. The van der Waals surface area contributed by atoms with Crippen molar-refractivity contribution in [1.82, 2.24) is 35.1 Å². The number of nitrogens with one attached hydrogen (secondary N) is 3. The van der Waals surface area contributed by atoms with Gasteiger partial charge in [0.05, 0.1) is 24.0 Å². The van der Waals surface area contributed by atoms with Crippen molar-refractivity contribution in [3.05, 3.63) is 72.1 Å². The molecule has 1 saturated heterocycles. The highest BCUT2D eigenvalue weighted by atomic mass is 32.2. The number of phosphoric acid groups is 3. The number of alkyl carbamates (subject to hydrolysis) is 1. The van der Waals surface area contributed by atoms with Crippen LogP contribution in [0.5, 0.6) is 0 Å². The predicted molar refractivity (Wildman–Crippen MR) is 255 cm³/mol. The number of aromatic nitrogens is 4. The molecule has 4 aromatic rings. The number of nitrogens with two attached hydrogens (primary N) is 2. The van der Waals surface area contributed by atoms with E-state index in [9.17, 15) is 68.9 Å². The number of nitrogen functional groups attached to an aromatic ring is 2. The minimum Gasteiger partial charge on any atom is -0.453 e. The van der Waals surface area contributed by atoms with Gasteiger partial charge in [-0.25, -0.2) is 33.4 Å². The highest BCUT2D eigenvalue weighted by Crippen LogP contribution is 2.66. The SMILES string of the molecule is CN(CCCC(=O)NCCNC(=O)O[C@H]1[C@@H](O)[C@H](n2cnc3c(N)ncnc32)O[C@@H]1COP(=O)(O)OP(=O)(O)OP(=O)(O)O)C(=O)c1ccccc1-c1c2ccc(=N)c(S(=O)(=O)O)c-2oc2c(S(=O)(=O)O)c(N)ccc12. The van der Waals surface area contributed by atoms with Crippen molar-refractivity contribution >= 4 is 95.3 Å². The van der Waals surface area contributed by atoms with E-state index in [0.717, 1.165) is 29.4 Å². The van der Waals surface area contributed by atoms with Crippen LogP contribution in [0.4, 0.5) is 16.3 Å². The largest absolute Gasteiger partial charge is 0.490 e. The number of amides is 3. The Morgan fingerprint density at radius 2 is 1.57 bits per heavy atom. The first kappa shape index (κ1) is 57.3. The number of ether oxygens (including phenoxy) is 2. The third kappa shape index (κ3) is 12.9. The number of hydrogen-bond donors (Lipinski definition) is 12. The maximum Gasteiger partial charge on any atom is 0.490 e. The molecule has 0 radical (unpaired) electrons. The Kier molecular flexibility index (Phi) is 16.6. The van der Waals surface area contributed by atoms with Gasteiger partial charge >= 0.3 is 29.6 Å². The highest BCUT2D eigenvalue weighted by Gasteiger charge is 2.50. The first-order valence-corrected chi connectivity index (χ1v) is 28.7. The summed E-state index contributed by atoms with van der Waals surface area (Å²) < 4.78 is 136. The number of benzene rings is 3. The number of fused-ring (bicyclic) bond motifs is 3. The van der Waals surface area contributed by atoms with E-state index in [0.29, 0.717) is 0 Å². The van der Waals surface area contributed by atoms with Gasteiger partial charge in [-0.3, -0.25) is 33.2 Å². The van der Waals surface area contributed by atoms with E-state index in [1.54, 1.807) is 0 Å². The molecule has 3 amide bonds. The second-order valence-electron chi connectivity index (χ2n) is 16.2. The number of aliphatic hydroxyl groups is 1. The fraction of sp³-hybridized carbons (Fsp3) is 0.289. The number of carbonyl (C=O) groups excluding carboxylic acids is 3. The van der Waals surface area contributed by atoms with Crippen LogP contribution in [0.15, 0.2) is 75.4 Å². The van der Waals surface area contributed by atoms with Crippen LogP contribution >= 0.6 is 23.5 Å². The molecular weight excluding hydrogens is 1120 g/mol. The third-order valence-electron chi connectivity index (χ3n) is 10.9. The summed E-state index contributed by atoms with van der Waals surface area (Å²) in [7, 11) is -26.4. The second kappa shape index (κ2) is 21.9. The van der Waals surface area contributed by atoms with Gasteiger partial charge in [-0.05, 0) is 42.3 Å². The highest BCUT2D eigenvalue weighted by molar-refractivity contribution is 7.86. The zero-order valence-electron chi connectivity index (χ0n) is 38.5. The lowest BCUT2D eigenvalue weighted by Crippen LogP contribution is -2.42. The van der Waals surface area contributed by atoms with Crippen molar-refractivity contribution in [1.29, 1.82) is 5.41 Å². The van der Waals surface area contributed by atoms with E-state index >= 15 is 0 Å². The molecule has 7 rings (SSSR count). The second-order valence-corrected chi connectivity index (χ2v) is 23.3. The minimum atomic E-state index is -5.93. The van der Waals surface area contributed by atoms with Gasteiger partial charge < -0.3 is 65.6 Å². The van der Waals surface area contributed by atoms with Gasteiger partial charge in [0, 0.05) is 55.2 Å². The number of nitrogens with zero attached hydrogens (tertiary/aromatic N) is 5. The van der Waals surface area contributed by atoms with Crippen molar-refractivity contribution in [2.45, 2.75) is 47.2 Å². The summed E-state index contributed by atoms with van der Waals surface area (Å²) in [6.07, 6.45) is -6.06. The van der Waals surface area contributed by atoms with Crippen molar-refractivity contribution in [3.8, 4) is 22.5 Å². The van der Waals surface area contributed by atoms with Gasteiger partial charge in [0.25, 0.3) is 26.1 Å². The van der Waals surface area contributed by atoms with E-state index in [1.165, 1.54) is 48.3 Å². The molecule has 0 spiro atoms. The molecule has 0 bridgehead atoms. The number of carbonyl (C=O) groups is 3. The molecule has 2 aliphatic heterocycles. The maximum atomic E-state index is 14.1. The maximum absolute atomic E-state index is 14.1. The summed E-state index contributed by atoms with van der Waals surface area (Å²) in [5.41, 5.74) is 10.6. The number of imidazole rings is 1. The molecule has 14 N–H and O–H groups in total. The number of phosphoric ester groups is 1. The van der Waals surface area contributed by atoms with E-state index < -0.39 is 125 Å². The van der Waals surface area contributed by atoms with Crippen molar-refractivity contribution in [3.63, 3.8) is 0 Å². The minimum absolute atomic E-state index is 0.00681. The van der Waals surface area contributed by atoms with Crippen molar-refractivity contribution in [2.75, 3.05) is 44.8 Å². The van der Waals surface area contributed by atoms with Crippen LogP contribution in [-0.4, -0.2) is 145 Å². The number of hydrogen-bond acceptors (Lipinski definition) is 23. The molecule has 76 heavy (non-hydrogen) atoms. The fourth-order valence-corrected chi connectivity index (χ4v) is 12.4.